The van der Waals surface area contributed by atoms with Gasteiger partial charge in [0, 0.05) is 12.2 Å². The molecule has 1 aromatic rings. The predicted molar refractivity (Wildman–Crippen MR) is 78.6 cm³/mol. The zero-order chi connectivity index (χ0) is 14.4. The molecule has 0 aliphatic rings. The molecule has 0 bridgehead atoms. The number of carboxylic acids is 1. The Hall–Kier alpha value is -1.55. The van der Waals surface area contributed by atoms with Crippen LogP contribution in [0.3, 0.4) is 0 Å². The predicted octanol–water partition coefficient (Wildman–Crippen LogP) is 2.61. The van der Waals surface area contributed by atoms with Crippen LogP contribution in [0.15, 0.2) is 12.1 Å². The van der Waals surface area contributed by atoms with Gasteiger partial charge < -0.3 is 16.2 Å². The number of carboxylic acid groups (broad SMARTS) is 1. The van der Waals surface area contributed by atoms with Gasteiger partial charge in [0.05, 0.1) is 0 Å². The van der Waals surface area contributed by atoms with Crippen molar-refractivity contribution in [2.75, 3.05) is 11.9 Å². The molecule has 4 heteroatoms. The van der Waals surface area contributed by atoms with Crippen molar-refractivity contribution in [3.05, 3.63) is 28.8 Å². The fraction of sp³-hybridized carbons (Fsp3) is 0.533. The van der Waals surface area contributed by atoms with Crippen molar-refractivity contribution in [2.24, 2.45) is 5.73 Å². The molecule has 0 radical (unpaired) electrons. The van der Waals surface area contributed by atoms with Crippen LogP contribution < -0.4 is 11.1 Å². The molecule has 0 spiro atoms. The summed E-state index contributed by atoms with van der Waals surface area (Å²) >= 11 is 0. The topological polar surface area (TPSA) is 75.3 Å². The highest BCUT2D eigenvalue weighted by Gasteiger charge is 2.10. The number of nitrogens with two attached hydrogens (primary N) is 1. The molecule has 4 N–H and O–H groups in total. The maximum absolute atomic E-state index is 10.6. The third-order valence-corrected chi connectivity index (χ3v) is 3.24. The van der Waals surface area contributed by atoms with Crippen molar-refractivity contribution in [1.82, 2.24) is 0 Å². The molecule has 0 saturated heterocycles. The summed E-state index contributed by atoms with van der Waals surface area (Å²) in [6.45, 7) is 7.14. The Morgan fingerprint density at radius 1 is 1.26 bits per heavy atom. The van der Waals surface area contributed by atoms with Gasteiger partial charge in [-0.05, 0) is 51.2 Å². The van der Waals surface area contributed by atoms with Gasteiger partial charge in [0.25, 0.3) is 0 Å². The number of benzene rings is 1. The first-order chi connectivity index (χ1) is 8.91. The van der Waals surface area contributed by atoms with E-state index < -0.39 is 12.0 Å². The molecule has 1 atom stereocenters. The lowest BCUT2D eigenvalue weighted by atomic mass is 10.0. The van der Waals surface area contributed by atoms with Crippen molar-refractivity contribution < 1.29 is 9.90 Å². The maximum atomic E-state index is 10.6. The van der Waals surface area contributed by atoms with E-state index in [1.807, 2.05) is 0 Å². The van der Waals surface area contributed by atoms with Crippen LogP contribution in [-0.4, -0.2) is 23.7 Å². The van der Waals surface area contributed by atoms with Crippen LogP contribution in [0, 0.1) is 20.8 Å². The molecule has 1 aromatic carbocycles. The lowest BCUT2D eigenvalue weighted by Gasteiger charge is -2.14. The number of hydrogen-bond acceptors (Lipinski definition) is 3. The quantitative estimate of drug-likeness (QED) is 0.662. The normalized spacial score (nSPS) is 12.2. The molecule has 1 rings (SSSR count). The molecule has 106 valence electrons. The molecule has 0 amide bonds. The van der Waals surface area contributed by atoms with E-state index in [-0.39, 0.29) is 0 Å². The van der Waals surface area contributed by atoms with Gasteiger partial charge in [-0.15, -0.1) is 0 Å². The fourth-order valence-electron chi connectivity index (χ4n) is 2.28. The second-order valence-electron chi connectivity index (χ2n) is 5.14. The SMILES string of the molecule is Cc1cc(C)c(NCCCC[C@H](N)C(=O)O)c(C)c1. The second kappa shape index (κ2) is 7.14. The van der Waals surface area contributed by atoms with Gasteiger partial charge in [0.2, 0.25) is 0 Å². The van der Waals surface area contributed by atoms with Gasteiger partial charge in [-0.3, -0.25) is 4.79 Å². The number of carbonyl (C=O) groups is 1. The van der Waals surface area contributed by atoms with E-state index in [2.05, 4.69) is 38.2 Å². The lowest BCUT2D eigenvalue weighted by molar-refractivity contribution is -0.138. The van der Waals surface area contributed by atoms with Gasteiger partial charge >= 0.3 is 5.97 Å². The average molecular weight is 264 g/mol. The third-order valence-electron chi connectivity index (χ3n) is 3.24. The largest absolute Gasteiger partial charge is 0.480 e. The summed E-state index contributed by atoms with van der Waals surface area (Å²) in [5.41, 5.74) is 10.4. The monoisotopic (exact) mass is 264 g/mol. The van der Waals surface area contributed by atoms with Crippen LogP contribution in [0.25, 0.3) is 0 Å². The van der Waals surface area contributed by atoms with E-state index in [1.54, 1.807) is 0 Å². The maximum Gasteiger partial charge on any atom is 0.320 e. The molecule has 0 aliphatic heterocycles. The Balaban J connectivity index is 2.36. The molecule has 0 aromatic heterocycles. The van der Waals surface area contributed by atoms with Gasteiger partial charge in [0.15, 0.2) is 0 Å². The molecule has 0 heterocycles. The van der Waals surface area contributed by atoms with Crippen molar-refractivity contribution in [1.29, 1.82) is 0 Å². The Labute approximate surface area is 115 Å². The molecule has 4 nitrogen and oxygen atoms in total. The lowest BCUT2D eigenvalue weighted by Crippen LogP contribution is -2.29. The van der Waals surface area contributed by atoms with E-state index in [0.29, 0.717) is 6.42 Å². The van der Waals surface area contributed by atoms with E-state index in [0.717, 1.165) is 19.4 Å². The number of aryl methyl sites for hydroxylation is 3. The van der Waals surface area contributed by atoms with Crippen LogP contribution in [0.2, 0.25) is 0 Å². The number of unbranched alkanes of at least 4 members (excludes halogenated alkanes) is 1. The summed E-state index contributed by atoms with van der Waals surface area (Å²) in [5, 5.41) is 12.1. The molecule has 0 aliphatic carbocycles. The zero-order valence-electron chi connectivity index (χ0n) is 12.0. The average Bonchev–Trinajstić information content (AvgIpc) is 2.30. The van der Waals surface area contributed by atoms with Gasteiger partial charge in [-0.2, -0.15) is 0 Å². The Morgan fingerprint density at radius 2 is 1.84 bits per heavy atom. The smallest absolute Gasteiger partial charge is 0.320 e. The van der Waals surface area contributed by atoms with E-state index in [1.165, 1.54) is 22.4 Å². The number of nitrogens with one attached hydrogen (secondary N) is 1. The van der Waals surface area contributed by atoms with Crippen LogP contribution in [-0.2, 0) is 4.79 Å². The fourth-order valence-corrected chi connectivity index (χ4v) is 2.28. The summed E-state index contributed by atoms with van der Waals surface area (Å²) in [7, 11) is 0. The summed E-state index contributed by atoms with van der Waals surface area (Å²) < 4.78 is 0. The Kier molecular flexibility index (Phi) is 5.83. The summed E-state index contributed by atoms with van der Waals surface area (Å²) in [4.78, 5) is 10.6. The van der Waals surface area contributed by atoms with E-state index in [4.69, 9.17) is 10.8 Å². The Morgan fingerprint density at radius 3 is 2.37 bits per heavy atom. The minimum absolute atomic E-state index is 0.531. The molecule has 0 unspecified atom stereocenters. The summed E-state index contributed by atoms with van der Waals surface area (Å²) in [6, 6.07) is 3.59. The molecule has 0 fully saturated rings. The van der Waals surface area contributed by atoms with Crippen molar-refractivity contribution in [3.8, 4) is 0 Å². The third kappa shape index (κ3) is 4.91. The van der Waals surface area contributed by atoms with Crippen LogP contribution in [0.1, 0.15) is 36.0 Å². The van der Waals surface area contributed by atoms with Crippen molar-refractivity contribution in [2.45, 2.75) is 46.1 Å². The summed E-state index contributed by atoms with van der Waals surface area (Å²) in [5.74, 6) is -0.918. The van der Waals surface area contributed by atoms with Crippen molar-refractivity contribution >= 4 is 11.7 Å². The number of aliphatic carboxylic acids is 1. The molecular formula is C15H24N2O2. The van der Waals surface area contributed by atoms with Crippen LogP contribution in [0.4, 0.5) is 5.69 Å². The van der Waals surface area contributed by atoms with Crippen LogP contribution in [0.5, 0.6) is 0 Å². The first kappa shape index (κ1) is 15.5. The number of rotatable bonds is 7. The molecule has 0 saturated carbocycles. The minimum atomic E-state index is -0.918. The van der Waals surface area contributed by atoms with E-state index in [9.17, 15) is 4.79 Å². The Bertz CT molecular complexity index is 421. The van der Waals surface area contributed by atoms with Gasteiger partial charge in [-0.1, -0.05) is 17.7 Å². The van der Waals surface area contributed by atoms with Gasteiger partial charge in [-0.25, -0.2) is 0 Å². The van der Waals surface area contributed by atoms with Crippen LogP contribution >= 0.6 is 0 Å². The second-order valence-corrected chi connectivity index (χ2v) is 5.14. The minimum Gasteiger partial charge on any atom is -0.480 e. The van der Waals surface area contributed by atoms with E-state index >= 15 is 0 Å². The molecule has 19 heavy (non-hydrogen) atoms. The standard InChI is InChI=1S/C15H24N2O2/c1-10-8-11(2)14(12(3)9-10)17-7-5-4-6-13(16)15(18)19/h8-9,13,17H,4-7,16H2,1-3H3,(H,18,19)/t13-/m0/s1. The van der Waals surface area contributed by atoms with Gasteiger partial charge in [0.1, 0.15) is 6.04 Å². The highest BCUT2D eigenvalue weighted by molar-refractivity contribution is 5.72. The highest BCUT2D eigenvalue weighted by Crippen LogP contribution is 2.21. The summed E-state index contributed by atoms with van der Waals surface area (Å²) in [6.07, 6.45) is 2.28. The highest BCUT2D eigenvalue weighted by atomic mass is 16.4. The first-order valence-corrected chi connectivity index (χ1v) is 6.72. The number of hydrogen-bond donors (Lipinski definition) is 3. The molecular weight excluding hydrogens is 240 g/mol. The number of anilines is 1. The van der Waals surface area contributed by atoms with Crippen molar-refractivity contribution in [3.63, 3.8) is 0 Å². The first-order valence-electron chi connectivity index (χ1n) is 6.72. The zero-order valence-corrected chi connectivity index (χ0v) is 12.0.